The molecule has 14 heteroatoms. The summed E-state index contributed by atoms with van der Waals surface area (Å²) in [6.07, 6.45) is -2.43. The molecule has 4 saturated carbocycles. The topological polar surface area (TPSA) is 227 Å². The zero-order valence-electron chi connectivity index (χ0n) is 42.0. The van der Waals surface area contributed by atoms with Crippen LogP contribution in [-0.2, 0) is 33.6 Å². The van der Waals surface area contributed by atoms with Crippen molar-refractivity contribution in [1.29, 1.82) is 31.6 Å². The van der Waals surface area contributed by atoms with Crippen molar-refractivity contribution in [2.45, 2.75) is 150 Å². The first kappa shape index (κ1) is 63.7. The third-order valence-corrected chi connectivity index (χ3v) is 13.9. The Morgan fingerprint density at radius 1 is 0.242 bits per heavy atom. The molecule has 30 radical (unpaired) electrons. The minimum Gasteiger partial charge on any atom is -0.194 e. The van der Waals surface area contributed by atoms with Crippen LogP contribution in [0.25, 0.3) is 0 Å². The molecule has 340 valence electrons. The Labute approximate surface area is 424 Å². The van der Waals surface area contributed by atoms with E-state index in [1.807, 2.05) is 0 Å². The van der Waals surface area contributed by atoms with Crippen LogP contribution in [-0.4, -0.2) is 11.3 Å². The van der Waals surface area contributed by atoms with Crippen LogP contribution >= 0.6 is 0 Å². The van der Waals surface area contributed by atoms with E-state index < -0.39 is 36.0 Å². The molecule has 6 fully saturated rings. The quantitative estimate of drug-likeness (QED) is 0.249. The Hall–Kier alpha value is -2.29. The second-order valence-electron chi connectivity index (χ2n) is 16.5. The van der Waals surface area contributed by atoms with Gasteiger partial charge in [0.15, 0.2) is 0 Å². The average molecular weight is 971 g/mol. The van der Waals surface area contributed by atoms with Gasteiger partial charge in [0.1, 0.15) is 36.4 Å². The maximum Gasteiger partial charge on any atom is 3.00 e. The van der Waals surface area contributed by atoms with E-state index in [1.54, 1.807) is 12.1 Å². The minimum absolute atomic E-state index is 0. The van der Waals surface area contributed by atoms with Crippen LogP contribution in [0.4, 0.5) is 0 Å². The Balaban J connectivity index is 0.000000851. The van der Waals surface area contributed by atoms with Crippen molar-refractivity contribution in [3.8, 4) is 36.4 Å². The summed E-state index contributed by atoms with van der Waals surface area (Å²) < 4.78 is 0. The van der Waals surface area contributed by atoms with Crippen molar-refractivity contribution in [2.24, 2.45) is 0 Å². The fourth-order valence-corrected chi connectivity index (χ4v) is 7.36. The van der Waals surface area contributed by atoms with E-state index in [4.69, 9.17) is 21.0 Å². The van der Waals surface area contributed by atoms with Crippen LogP contribution < -0.4 is 31.9 Å². The van der Waals surface area contributed by atoms with Gasteiger partial charge in [-0.25, -0.2) is 0 Å². The molecule has 0 spiro atoms. The van der Waals surface area contributed by atoms with E-state index in [0.29, 0.717) is 0 Å². The van der Waals surface area contributed by atoms with Gasteiger partial charge in [-0.1, -0.05) is 138 Å². The van der Waals surface area contributed by atoms with Crippen LogP contribution in [0, 0.1) is 211 Å². The van der Waals surface area contributed by atoms with Gasteiger partial charge < -0.3 is 0 Å². The van der Waals surface area contributed by atoms with Crippen LogP contribution in [0.3, 0.4) is 0 Å². The standard InChI is InChI=1S/C12N12.4C10H15.2Co/c13-1-7-19-8(2-14)22-11(5-17,21-7)12(6-18)23-9(3-15)20-10(4-16)24-12;4*1-6-7(2)9(4)10(5)8(6)3;;/h;4*1-5H3;;/q;;;;;2*+3. The summed E-state index contributed by atoms with van der Waals surface area (Å²) in [7, 11) is 0. The maximum absolute atomic E-state index is 9.52. The largest absolute Gasteiger partial charge is 3.00 e. The molecule has 0 bridgehead atoms. The van der Waals surface area contributed by atoms with Crippen molar-refractivity contribution >= 4 is 0 Å². The number of hydrogen-bond donors (Lipinski definition) is 0. The Morgan fingerprint density at radius 3 is 0.424 bits per heavy atom. The summed E-state index contributed by atoms with van der Waals surface area (Å²) in [6, 6.07) is 9.24. The summed E-state index contributed by atoms with van der Waals surface area (Å²) in [5.41, 5.74) is -5.03. The molecular weight excluding hydrogens is 911 g/mol. The number of nitriles is 6. The second-order valence-corrected chi connectivity index (χ2v) is 16.5. The van der Waals surface area contributed by atoms with Gasteiger partial charge in [-0.15, -0.1) is 0 Å². The summed E-state index contributed by atoms with van der Waals surface area (Å²) in [5.74, 6) is 29.4. The molecule has 6 rings (SSSR count). The summed E-state index contributed by atoms with van der Waals surface area (Å²) in [5, 5.41) is 76.4. The molecule has 0 aromatic carbocycles. The van der Waals surface area contributed by atoms with Gasteiger partial charge in [0.25, 0.3) is 0 Å². The molecule has 6 aliphatic rings. The van der Waals surface area contributed by atoms with E-state index in [9.17, 15) is 10.5 Å². The average Bonchev–Trinajstić information content (AvgIpc) is 3.75. The fraction of sp³-hybridized carbons (Fsp3) is 0.423. The number of hydrogen-bond acceptors (Lipinski definition) is 6. The Kier molecular flexibility index (Phi) is 26.3. The van der Waals surface area contributed by atoms with Crippen molar-refractivity contribution in [1.82, 2.24) is 31.9 Å². The first-order valence-electron chi connectivity index (χ1n) is 20.8. The minimum atomic E-state index is -2.51. The molecule has 2 heterocycles. The van der Waals surface area contributed by atoms with Gasteiger partial charge in [0.05, 0.1) is 0 Å². The maximum atomic E-state index is 9.52. The van der Waals surface area contributed by atoms with Gasteiger partial charge in [-0.2, -0.15) is 63.5 Å². The predicted octanol–water partition coefficient (Wildman–Crippen LogP) is 9.01. The van der Waals surface area contributed by atoms with Crippen LogP contribution in [0.15, 0.2) is 0 Å². The van der Waals surface area contributed by atoms with E-state index >= 15 is 0 Å². The zero-order valence-corrected chi connectivity index (χ0v) is 44.1. The van der Waals surface area contributed by atoms with Crippen molar-refractivity contribution in [2.75, 3.05) is 0 Å². The van der Waals surface area contributed by atoms with Gasteiger partial charge in [-0.3, -0.25) is 0 Å². The summed E-state index contributed by atoms with van der Waals surface area (Å²) >= 11 is 0. The third kappa shape index (κ3) is 13.7. The van der Waals surface area contributed by atoms with Gasteiger partial charge >= 0.3 is 33.6 Å². The molecule has 12 nitrogen and oxygen atoms in total. The van der Waals surface area contributed by atoms with Crippen molar-refractivity contribution in [3.63, 3.8) is 0 Å². The van der Waals surface area contributed by atoms with Crippen LogP contribution in [0.1, 0.15) is 138 Å². The Morgan fingerprint density at radius 2 is 0.348 bits per heavy atom. The fourth-order valence-electron chi connectivity index (χ4n) is 7.36. The molecule has 0 unspecified atom stereocenters. The smallest absolute Gasteiger partial charge is 0.194 e. The van der Waals surface area contributed by atoms with Crippen LogP contribution in [0.2, 0.25) is 0 Å². The third-order valence-electron chi connectivity index (χ3n) is 13.9. The molecule has 2 aliphatic heterocycles. The molecule has 0 atom stereocenters. The monoisotopic (exact) mass is 970 g/mol. The van der Waals surface area contributed by atoms with E-state index in [0.717, 1.165) is 0 Å². The van der Waals surface area contributed by atoms with Gasteiger partial charge in [-0.05, 0) is 118 Å². The molecule has 4 aliphatic carbocycles. The molecule has 0 N–H and O–H groups in total. The molecule has 0 amide bonds. The van der Waals surface area contributed by atoms with Gasteiger partial charge in [0.2, 0.25) is 36.0 Å². The predicted molar refractivity (Wildman–Crippen MR) is 243 cm³/mol. The van der Waals surface area contributed by atoms with E-state index in [1.165, 1.54) is 143 Å². The molecular formula is C52H60Co2N12+6. The number of rotatable bonds is 1. The summed E-state index contributed by atoms with van der Waals surface area (Å²) in [4.78, 5) is 0. The van der Waals surface area contributed by atoms with E-state index in [-0.39, 0.29) is 33.6 Å². The Bertz CT molecular complexity index is 1350. The zero-order chi connectivity index (χ0) is 49.3. The molecule has 0 aromatic rings. The van der Waals surface area contributed by atoms with Crippen molar-refractivity contribution < 1.29 is 33.6 Å². The van der Waals surface area contributed by atoms with Crippen molar-refractivity contribution in [3.05, 3.63) is 143 Å². The molecule has 66 heavy (non-hydrogen) atoms. The van der Waals surface area contributed by atoms with E-state index in [2.05, 4.69) is 170 Å². The normalized spacial score (nSPS) is 26.1. The molecule has 2 saturated heterocycles. The first-order valence-corrected chi connectivity index (χ1v) is 20.8. The SMILES string of the molecule is C[C]1[C](C)[C](C)[C](C)[C]1C.C[C]1[C](C)[C](C)[C](C)[C]1C.C[C]1[C](C)[C](C)[C](C)[C]1C.C[C]1[C](C)[C](C)[C](C)[C]1C.N#C[C]1[N][C](C#N)[N]C(C#N)(C2(C#N)[N][C](C#N)[N][C](C#N)[N]2)[N]1.[Co+3].[Co+3]. The number of nitrogens with zero attached hydrogens (tertiary/aromatic N) is 12. The first-order chi connectivity index (χ1) is 29.7. The second kappa shape index (κ2) is 27.2. The van der Waals surface area contributed by atoms with Gasteiger partial charge in [0, 0.05) is 0 Å². The van der Waals surface area contributed by atoms with Crippen LogP contribution in [0.5, 0.6) is 0 Å². The molecule has 0 aromatic heterocycles. The summed E-state index contributed by atoms with van der Waals surface area (Å²) in [6.45, 7) is 44.0.